The number of aromatic nitrogens is 2. The number of aliphatic hydroxyl groups is 1. The van der Waals surface area contributed by atoms with Gasteiger partial charge in [-0.1, -0.05) is 29.8 Å². The van der Waals surface area contributed by atoms with Gasteiger partial charge in [-0.15, -0.1) is 11.3 Å². The molecule has 3 aromatic heterocycles. The number of anilines is 1. The molecule has 0 aliphatic carbocycles. The first-order valence-corrected chi connectivity index (χ1v) is 10.4. The quantitative estimate of drug-likeness (QED) is 0.412. The zero-order chi connectivity index (χ0) is 21.6. The zero-order valence-corrected chi connectivity index (χ0v) is 17.9. The standard InChI is InChI=1S/C22H20ClFN4OS/c1-22(2,29)12-6-7-27-16(9-12)13-5-3-4-11-8-17(30-20(11)13)18(25)19-14(23)10-15(24)21(26)28-19/h3-10,18,29H,25H2,1-2H3,(H2,26,28)/t18-/m0/s1. The Morgan fingerprint density at radius 3 is 2.70 bits per heavy atom. The van der Waals surface area contributed by atoms with Gasteiger partial charge >= 0.3 is 0 Å². The van der Waals surface area contributed by atoms with E-state index in [1.807, 2.05) is 30.3 Å². The number of fused-ring (bicyclic) bond motifs is 1. The largest absolute Gasteiger partial charge is 0.386 e. The summed E-state index contributed by atoms with van der Waals surface area (Å²) in [5.74, 6) is -0.911. The molecule has 8 heteroatoms. The molecule has 4 aromatic rings. The van der Waals surface area contributed by atoms with Crippen LogP contribution in [0.15, 0.2) is 48.7 Å². The summed E-state index contributed by atoms with van der Waals surface area (Å²) in [5.41, 5.74) is 13.8. The first kappa shape index (κ1) is 20.7. The van der Waals surface area contributed by atoms with Crippen molar-refractivity contribution in [2.24, 2.45) is 5.73 Å². The van der Waals surface area contributed by atoms with Gasteiger partial charge in [-0.05, 0) is 49.1 Å². The molecule has 1 atom stereocenters. The third-order valence-electron chi connectivity index (χ3n) is 4.89. The SMILES string of the molecule is CC(C)(O)c1ccnc(-c2cccc3cc([C@H](N)c4nc(N)c(F)cc4Cl)sc23)c1. The van der Waals surface area contributed by atoms with Crippen molar-refractivity contribution < 1.29 is 9.50 Å². The Labute approximate surface area is 182 Å². The highest BCUT2D eigenvalue weighted by molar-refractivity contribution is 7.19. The highest BCUT2D eigenvalue weighted by Gasteiger charge is 2.21. The average molecular weight is 443 g/mol. The van der Waals surface area contributed by atoms with Crippen molar-refractivity contribution in [1.29, 1.82) is 0 Å². The molecule has 0 saturated heterocycles. The first-order valence-electron chi connectivity index (χ1n) is 9.24. The molecular formula is C22H20ClFN4OS. The molecule has 0 aliphatic rings. The van der Waals surface area contributed by atoms with Crippen LogP contribution < -0.4 is 11.5 Å². The second-order valence-corrected chi connectivity index (χ2v) is 9.05. The van der Waals surface area contributed by atoms with E-state index in [2.05, 4.69) is 9.97 Å². The number of rotatable bonds is 4. The number of hydrogen-bond acceptors (Lipinski definition) is 6. The lowest BCUT2D eigenvalue weighted by Gasteiger charge is -2.18. The monoisotopic (exact) mass is 442 g/mol. The second-order valence-electron chi connectivity index (χ2n) is 7.56. The van der Waals surface area contributed by atoms with Gasteiger partial charge in [0.1, 0.15) is 0 Å². The number of halogens is 2. The minimum atomic E-state index is -0.973. The van der Waals surface area contributed by atoms with Crippen LogP contribution in [0.1, 0.15) is 36.0 Å². The molecule has 0 amide bonds. The van der Waals surface area contributed by atoms with Crippen LogP contribution in [0.3, 0.4) is 0 Å². The minimum absolute atomic E-state index is 0.131. The second kappa shape index (κ2) is 7.59. The van der Waals surface area contributed by atoms with Crippen LogP contribution in [0.25, 0.3) is 21.3 Å². The molecule has 5 N–H and O–H groups in total. The van der Waals surface area contributed by atoms with Gasteiger partial charge in [0.25, 0.3) is 0 Å². The molecule has 0 aliphatic heterocycles. The van der Waals surface area contributed by atoms with E-state index in [0.717, 1.165) is 37.9 Å². The summed E-state index contributed by atoms with van der Waals surface area (Å²) in [6.07, 6.45) is 1.69. The van der Waals surface area contributed by atoms with Crippen molar-refractivity contribution in [3.8, 4) is 11.3 Å². The predicted octanol–water partition coefficient (Wildman–Crippen LogP) is 5.01. The van der Waals surface area contributed by atoms with E-state index in [1.165, 1.54) is 11.3 Å². The topological polar surface area (TPSA) is 98.0 Å². The van der Waals surface area contributed by atoms with Crippen molar-refractivity contribution in [3.63, 3.8) is 0 Å². The Kier molecular flexibility index (Phi) is 5.23. The van der Waals surface area contributed by atoms with Crippen molar-refractivity contribution >= 4 is 38.8 Å². The summed E-state index contributed by atoms with van der Waals surface area (Å²) >= 11 is 7.66. The summed E-state index contributed by atoms with van der Waals surface area (Å²) in [4.78, 5) is 9.36. The van der Waals surface area contributed by atoms with E-state index < -0.39 is 17.5 Å². The van der Waals surface area contributed by atoms with Gasteiger partial charge in [0.15, 0.2) is 11.6 Å². The minimum Gasteiger partial charge on any atom is -0.386 e. The van der Waals surface area contributed by atoms with Gasteiger partial charge < -0.3 is 16.6 Å². The van der Waals surface area contributed by atoms with Crippen LogP contribution in [0.4, 0.5) is 10.2 Å². The van der Waals surface area contributed by atoms with Gasteiger partial charge in [0, 0.05) is 21.3 Å². The van der Waals surface area contributed by atoms with Gasteiger partial charge in [-0.25, -0.2) is 9.37 Å². The van der Waals surface area contributed by atoms with Crippen molar-refractivity contribution in [2.75, 3.05) is 5.73 Å². The molecule has 0 spiro atoms. The van der Waals surface area contributed by atoms with Crippen LogP contribution in [-0.4, -0.2) is 15.1 Å². The highest BCUT2D eigenvalue weighted by atomic mass is 35.5. The fraction of sp³-hybridized carbons (Fsp3) is 0.182. The predicted molar refractivity (Wildman–Crippen MR) is 120 cm³/mol. The number of nitrogens with two attached hydrogens (primary N) is 2. The van der Waals surface area contributed by atoms with Gasteiger partial charge in [-0.3, -0.25) is 4.98 Å². The third kappa shape index (κ3) is 3.77. The number of hydrogen-bond donors (Lipinski definition) is 3. The first-order chi connectivity index (χ1) is 14.1. The van der Waals surface area contributed by atoms with Crippen LogP contribution in [0, 0.1) is 5.82 Å². The van der Waals surface area contributed by atoms with Crippen molar-refractivity contribution in [1.82, 2.24) is 9.97 Å². The summed E-state index contributed by atoms with van der Waals surface area (Å²) in [7, 11) is 0. The Morgan fingerprint density at radius 2 is 1.97 bits per heavy atom. The molecule has 4 rings (SSSR count). The van der Waals surface area contributed by atoms with E-state index >= 15 is 0 Å². The van der Waals surface area contributed by atoms with Crippen LogP contribution in [0.5, 0.6) is 0 Å². The number of nitrogens with zero attached hydrogens (tertiary/aromatic N) is 2. The number of nitrogen functional groups attached to an aromatic ring is 1. The Morgan fingerprint density at radius 1 is 1.20 bits per heavy atom. The van der Waals surface area contributed by atoms with E-state index in [0.29, 0.717) is 5.69 Å². The third-order valence-corrected chi connectivity index (χ3v) is 6.46. The summed E-state index contributed by atoms with van der Waals surface area (Å²) in [5, 5.41) is 11.5. The highest BCUT2D eigenvalue weighted by Crippen LogP contribution is 2.39. The van der Waals surface area contributed by atoms with E-state index in [9.17, 15) is 9.50 Å². The molecule has 5 nitrogen and oxygen atoms in total. The van der Waals surface area contributed by atoms with Crippen molar-refractivity contribution in [3.05, 3.63) is 75.6 Å². The van der Waals surface area contributed by atoms with E-state index in [-0.39, 0.29) is 10.8 Å². The summed E-state index contributed by atoms with van der Waals surface area (Å²) in [6.45, 7) is 3.47. The molecule has 1 aromatic carbocycles. The molecule has 0 unspecified atom stereocenters. The van der Waals surface area contributed by atoms with Gasteiger partial charge in [0.05, 0.1) is 28.1 Å². The fourth-order valence-corrected chi connectivity index (χ4v) is 4.69. The Bertz CT molecular complexity index is 1250. The van der Waals surface area contributed by atoms with Gasteiger partial charge in [-0.2, -0.15) is 0 Å². The molecule has 0 fully saturated rings. The van der Waals surface area contributed by atoms with Crippen molar-refractivity contribution in [2.45, 2.75) is 25.5 Å². The van der Waals surface area contributed by atoms with E-state index in [1.54, 1.807) is 26.1 Å². The number of benzene rings is 1. The molecule has 0 bridgehead atoms. The van der Waals surface area contributed by atoms with Crippen LogP contribution in [-0.2, 0) is 5.60 Å². The molecule has 154 valence electrons. The lowest BCUT2D eigenvalue weighted by atomic mass is 9.97. The van der Waals surface area contributed by atoms with Crippen LogP contribution >= 0.6 is 22.9 Å². The molecule has 30 heavy (non-hydrogen) atoms. The summed E-state index contributed by atoms with van der Waals surface area (Å²) in [6, 6.07) is 12.0. The molecular weight excluding hydrogens is 423 g/mol. The zero-order valence-electron chi connectivity index (χ0n) is 16.4. The van der Waals surface area contributed by atoms with Gasteiger partial charge in [0.2, 0.25) is 0 Å². The number of thiophene rings is 1. The summed E-state index contributed by atoms with van der Waals surface area (Å²) < 4.78 is 14.6. The average Bonchev–Trinajstić information content (AvgIpc) is 3.14. The lowest BCUT2D eigenvalue weighted by molar-refractivity contribution is 0.0785. The number of pyridine rings is 2. The molecule has 3 heterocycles. The fourth-order valence-electron chi connectivity index (χ4n) is 3.24. The lowest BCUT2D eigenvalue weighted by Crippen LogP contribution is -2.15. The maximum atomic E-state index is 13.6. The van der Waals surface area contributed by atoms with E-state index in [4.69, 9.17) is 23.1 Å². The maximum Gasteiger partial charge on any atom is 0.166 e. The Hall–Kier alpha value is -2.58. The van der Waals surface area contributed by atoms with Crippen LogP contribution in [0.2, 0.25) is 5.02 Å². The molecule has 0 saturated carbocycles. The molecule has 0 radical (unpaired) electrons. The smallest absolute Gasteiger partial charge is 0.166 e. The maximum absolute atomic E-state index is 13.6. The Balaban J connectivity index is 1.81. The normalized spacial score (nSPS) is 13.0.